The van der Waals surface area contributed by atoms with Crippen molar-refractivity contribution in [3.63, 3.8) is 0 Å². The molecule has 1 aromatic carbocycles. The summed E-state index contributed by atoms with van der Waals surface area (Å²) < 4.78 is 0. The largest absolute Gasteiger partial charge is 0.336 e. The van der Waals surface area contributed by atoms with Gasteiger partial charge in [0.25, 0.3) is 5.91 Å². The lowest BCUT2D eigenvalue weighted by atomic mass is 10.1. The minimum Gasteiger partial charge on any atom is -0.336 e. The number of likely N-dealkylation sites (tertiary alicyclic amines) is 1. The van der Waals surface area contributed by atoms with E-state index in [9.17, 15) is 4.79 Å². The van der Waals surface area contributed by atoms with Crippen LogP contribution in [0.25, 0.3) is 0 Å². The highest BCUT2D eigenvalue weighted by Gasteiger charge is 2.30. The van der Waals surface area contributed by atoms with Gasteiger partial charge in [-0.1, -0.05) is 13.0 Å². The van der Waals surface area contributed by atoms with Crippen LogP contribution < -0.4 is 5.32 Å². The van der Waals surface area contributed by atoms with Gasteiger partial charge >= 0.3 is 0 Å². The molecule has 0 saturated carbocycles. The third-order valence-corrected chi connectivity index (χ3v) is 4.13. The highest BCUT2D eigenvalue weighted by molar-refractivity contribution is 5.95. The van der Waals surface area contributed by atoms with Crippen LogP contribution in [-0.4, -0.2) is 23.4 Å². The fraction of sp³-hybridized carbons (Fsp3) is 0.533. The van der Waals surface area contributed by atoms with Crippen LogP contribution in [0.2, 0.25) is 0 Å². The first-order chi connectivity index (χ1) is 8.65. The summed E-state index contributed by atoms with van der Waals surface area (Å²) >= 11 is 0. The van der Waals surface area contributed by atoms with Gasteiger partial charge in [-0.25, -0.2) is 0 Å². The Bertz CT molecular complexity index is 483. The van der Waals surface area contributed by atoms with E-state index in [1.807, 2.05) is 11.0 Å². The van der Waals surface area contributed by atoms with Crippen molar-refractivity contribution in [1.29, 1.82) is 0 Å². The number of hydrogen-bond acceptors (Lipinski definition) is 2. The van der Waals surface area contributed by atoms with Gasteiger partial charge in [-0.2, -0.15) is 0 Å². The third-order valence-electron chi connectivity index (χ3n) is 4.13. The molecule has 18 heavy (non-hydrogen) atoms. The molecule has 0 aromatic heterocycles. The highest BCUT2D eigenvalue weighted by atomic mass is 16.2. The van der Waals surface area contributed by atoms with Gasteiger partial charge in [0.2, 0.25) is 0 Å². The second kappa shape index (κ2) is 4.39. The number of hydrogen-bond donors (Lipinski definition) is 1. The van der Waals surface area contributed by atoms with E-state index in [0.717, 1.165) is 31.6 Å². The summed E-state index contributed by atoms with van der Waals surface area (Å²) in [6.45, 7) is 7.09. The first kappa shape index (κ1) is 11.7. The molecule has 1 fully saturated rings. The summed E-state index contributed by atoms with van der Waals surface area (Å²) in [5.41, 5.74) is 3.45. The van der Waals surface area contributed by atoms with E-state index in [0.29, 0.717) is 12.0 Å². The predicted molar refractivity (Wildman–Crippen MR) is 71.3 cm³/mol. The molecule has 96 valence electrons. The molecule has 2 unspecified atom stereocenters. The number of rotatable bonds is 1. The second-order valence-electron chi connectivity index (χ2n) is 5.73. The fourth-order valence-corrected chi connectivity index (χ4v) is 3.18. The number of carbonyl (C=O) groups is 1. The highest BCUT2D eigenvalue weighted by Crippen LogP contribution is 2.25. The Balaban J connectivity index is 1.84. The lowest BCUT2D eigenvalue weighted by Gasteiger charge is -2.21. The molecular formula is C15H20N2O. The zero-order valence-corrected chi connectivity index (χ0v) is 11.1. The Morgan fingerprint density at radius 2 is 2.06 bits per heavy atom. The molecule has 2 atom stereocenters. The average Bonchev–Trinajstić information content (AvgIpc) is 2.93. The number of fused-ring (bicyclic) bond motifs is 1. The monoisotopic (exact) mass is 244 g/mol. The van der Waals surface area contributed by atoms with E-state index >= 15 is 0 Å². The maximum atomic E-state index is 12.5. The lowest BCUT2D eigenvalue weighted by molar-refractivity contribution is 0.0743. The Kier molecular flexibility index (Phi) is 2.86. The summed E-state index contributed by atoms with van der Waals surface area (Å²) in [7, 11) is 0. The molecule has 2 aliphatic rings. The van der Waals surface area contributed by atoms with E-state index in [-0.39, 0.29) is 5.91 Å². The van der Waals surface area contributed by atoms with E-state index in [1.54, 1.807) is 0 Å². The van der Waals surface area contributed by atoms with Crippen molar-refractivity contribution in [2.75, 3.05) is 6.54 Å². The van der Waals surface area contributed by atoms with Crippen LogP contribution in [0.15, 0.2) is 18.2 Å². The van der Waals surface area contributed by atoms with E-state index < -0.39 is 0 Å². The number of amides is 1. The molecule has 1 saturated heterocycles. The van der Waals surface area contributed by atoms with Crippen LogP contribution in [0.4, 0.5) is 0 Å². The van der Waals surface area contributed by atoms with Crippen molar-refractivity contribution >= 4 is 5.91 Å². The topological polar surface area (TPSA) is 32.3 Å². The van der Waals surface area contributed by atoms with Gasteiger partial charge in [-0.3, -0.25) is 4.79 Å². The maximum absolute atomic E-state index is 12.5. The number of nitrogens with zero attached hydrogens (tertiary/aromatic N) is 1. The van der Waals surface area contributed by atoms with Crippen molar-refractivity contribution in [3.05, 3.63) is 34.9 Å². The molecule has 3 rings (SSSR count). The Morgan fingerprint density at radius 3 is 2.78 bits per heavy atom. The van der Waals surface area contributed by atoms with Gasteiger partial charge in [0, 0.05) is 31.2 Å². The quantitative estimate of drug-likeness (QED) is 0.821. The molecule has 2 heterocycles. The molecule has 2 aliphatic heterocycles. The van der Waals surface area contributed by atoms with Gasteiger partial charge in [0.15, 0.2) is 0 Å². The van der Waals surface area contributed by atoms with Gasteiger partial charge in [0.05, 0.1) is 0 Å². The zero-order valence-electron chi connectivity index (χ0n) is 11.1. The first-order valence-electron chi connectivity index (χ1n) is 6.78. The van der Waals surface area contributed by atoms with Gasteiger partial charge in [0.1, 0.15) is 0 Å². The number of benzene rings is 1. The summed E-state index contributed by atoms with van der Waals surface area (Å²) in [6, 6.07) is 6.50. The summed E-state index contributed by atoms with van der Waals surface area (Å²) in [6.07, 6.45) is 1.12. The predicted octanol–water partition coefficient (Wildman–Crippen LogP) is 2.16. The Hall–Kier alpha value is -1.35. The normalized spacial score (nSPS) is 26.4. The zero-order chi connectivity index (χ0) is 12.7. The SMILES string of the molecule is CC1CC(C)N(C(=O)c2ccc3c(c2)CNC3)C1. The molecule has 0 radical (unpaired) electrons. The molecule has 1 N–H and O–H groups in total. The summed E-state index contributed by atoms with van der Waals surface area (Å²) in [5, 5.41) is 3.31. The van der Waals surface area contributed by atoms with Crippen molar-refractivity contribution in [1.82, 2.24) is 10.2 Å². The number of nitrogens with one attached hydrogen (secondary N) is 1. The summed E-state index contributed by atoms with van der Waals surface area (Å²) in [5.74, 6) is 0.821. The van der Waals surface area contributed by atoms with Crippen LogP contribution in [-0.2, 0) is 13.1 Å². The fourth-order valence-electron chi connectivity index (χ4n) is 3.18. The van der Waals surface area contributed by atoms with Crippen LogP contribution in [0.5, 0.6) is 0 Å². The first-order valence-corrected chi connectivity index (χ1v) is 6.78. The van der Waals surface area contributed by atoms with Crippen LogP contribution in [0, 0.1) is 5.92 Å². The van der Waals surface area contributed by atoms with Crippen molar-refractivity contribution in [3.8, 4) is 0 Å². The smallest absolute Gasteiger partial charge is 0.254 e. The van der Waals surface area contributed by atoms with E-state index in [4.69, 9.17) is 0 Å². The van der Waals surface area contributed by atoms with Gasteiger partial charge in [-0.15, -0.1) is 0 Å². The maximum Gasteiger partial charge on any atom is 0.254 e. The Morgan fingerprint density at radius 1 is 1.28 bits per heavy atom. The molecule has 0 bridgehead atoms. The standard InChI is InChI=1S/C15H20N2O/c1-10-5-11(2)17(9-10)15(18)12-3-4-13-7-16-8-14(13)6-12/h3-4,6,10-11,16H,5,7-9H2,1-2H3. The van der Waals surface area contributed by atoms with Gasteiger partial charge < -0.3 is 10.2 Å². The molecule has 0 spiro atoms. The molecular weight excluding hydrogens is 224 g/mol. The van der Waals surface area contributed by atoms with Crippen molar-refractivity contribution in [2.24, 2.45) is 5.92 Å². The molecule has 3 heteroatoms. The molecule has 1 aromatic rings. The Labute approximate surface area is 108 Å². The van der Waals surface area contributed by atoms with Crippen LogP contribution in [0.1, 0.15) is 41.8 Å². The minimum absolute atomic E-state index is 0.196. The molecule has 1 amide bonds. The molecule has 0 aliphatic carbocycles. The average molecular weight is 244 g/mol. The van der Waals surface area contributed by atoms with E-state index in [1.165, 1.54) is 11.1 Å². The lowest BCUT2D eigenvalue weighted by Crippen LogP contribution is -2.34. The van der Waals surface area contributed by atoms with Crippen molar-refractivity contribution < 1.29 is 4.79 Å². The van der Waals surface area contributed by atoms with E-state index in [2.05, 4.69) is 31.3 Å². The van der Waals surface area contributed by atoms with Gasteiger partial charge in [-0.05, 0) is 42.5 Å². The van der Waals surface area contributed by atoms with Crippen LogP contribution in [0.3, 0.4) is 0 Å². The second-order valence-corrected chi connectivity index (χ2v) is 5.73. The molecule has 3 nitrogen and oxygen atoms in total. The van der Waals surface area contributed by atoms with Crippen molar-refractivity contribution in [2.45, 2.75) is 39.4 Å². The minimum atomic E-state index is 0.196. The third kappa shape index (κ3) is 1.93. The summed E-state index contributed by atoms with van der Waals surface area (Å²) in [4.78, 5) is 14.5. The number of carbonyl (C=O) groups excluding carboxylic acids is 1. The van der Waals surface area contributed by atoms with Crippen LogP contribution >= 0.6 is 0 Å².